The van der Waals surface area contributed by atoms with Crippen LogP contribution >= 0.6 is 15.9 Å². The minimum atomic E-state index is -4.51. The number of nitrogen functional groups attached to an aromatic ring is 1. The second-order valence-electron chi connectivity index (χ2n) is 3.87. The third kappa shape index (κ3) is 3.31. The first-order valence-corrected chi connectivity index (χ1v) is 6.27. The molecule has 2 N–H and O–H groups in total. The van der Waals surface area contributed by atoms with Crippen LogP contribution in [-0.2, 0) is 6.18 Å². The molecule has 0 radical (unpaired) electrons. The summed E-state index contributed by atoms with van der Waals surface area (Å²) >= 11 is 2.88. The first-order valence-electron chi connectivity index (χ1n) is 5.48. The van der Waals surface area contributed by atoms with E-state index < -0.39 is 11.7 Å². The van der Waals surface area contributed by atoms with Gasteiger partial charge in [0.25, 0.3) is 0 Å². The Hall–Kier alpha value is -2.00. The highest BCUT2D eigenvalue weighted by Gasteiger charge is 2.34. The van der Waals surface area contributed by atoms with Crippen LogP contribution in [0.15, 0.2) is 40.9 Å². The molecule has 0 fully saturated rings. The molecule has 1 heterocycles. The molecule has 0 bridgehead atoms. The van der Waals surface area contributed by atoms with Crippen LogP contribution in [-0.4, -0.2) is 4.98 Å². The van der Waals surface area contributed by atoms with Gasteiger partial charge in [-0.05, 0) is 40.0 Å². The van der Waals surface area contributed by atoms with Crippen LogP contribution in [0, 0.1) is 11.8 Å². The second kappa shape index (κ2) is 5.55. The van der Waals surface area contributed by atoms with Gasteiger partial charge in [0.1, 0.15) is 11.5 Å². The van der Waals surface area contributed by atoms with Gasteiger partial charge in [-0.2, -0.15) is 13.2 Å². The Morgan fingerprint density at radius 1 is 1.10 bits per heavy atom. The van der Waals surface area contributed by atoms with E-state index in [1.807, 2.05) is 6.07 Å². The minimum absolute atomic E-state index is 0.0406. The number of anilines is 1. The van der Waals surface area contributed by atoms with Gasteiger partial charge >= 0.3 is 6.18 Å². The molecule has 6 heteroatoms. The lowest BCUT2D eigenvalue weighted by atomic mass is 10.2. The second-order valence-corrected chi connectivity index (χ2v) is 4.66. The smallest absolute Gasteiger partial charge is 0.384 e. The maximum atomic E-state index is 12.8. The molecule has 20 heavy (non-hydrogen) atoms. The Balaban J connectivity index is 2.49. The molecule has 1 aromatic carbocycles. The normalized spacial score (nSPS) is 10.8. The van der Waals surface area contributed by atoms with Crippen LogP contribution < -0.4 is 5.73 Å². The number of halogens is 4. The molecule has 2 nitrogen and oxygen atoms in total. The Morgan fingerprint density at radius 2 is 1.75 bits per heavy atom. The van der Waals surface area contributed by atoms with Crippen LogP contribution in [0.2, 0.25) is 0 Å². The van der Waals surface area contributed by atoms with Gasteiger partial charge in [0.2, 0.25) is 0 Å². The van der Waals surface area contributed by atoms with Crippen molar-refractivity contribution >= 4 is 21.7 Å². The molecule has 102 valence electrons. The first kappa shape index (κ1) is 14.4. The molecule has 2 rings (SSSR count). The van der Waals surface area contributed by atoms with Gasteiger partial charge in [-0.1, -0.05) is 24.1 Å². The quantitative estimate of drug-likeness (QED) is 0.740. The third-order valence-corrected chi connectivity index (χ3v) is 3.18. The lowest BCUT2D eigenvalue weighted by Crippen LogP contribution is -2.09. The molecular formula is C14H8BrF3N2. The Kier molecular flexibility index (Phi) is 4.00. The van der Waals surface area contributed by atoms with Gasteiger partial charge in [-0.25, -0.2) is 4.98 Å². The standard InChI is InChI=1S/C14H8BrF3N2/c15-13-10(14(16,17)18)8-12(19)20-11(13)7-6-9-4-2-1-3-5-9/h1-5,8H,(H2,19,20). The van der Waals surface area contributed by atoms with Gasteiger partial charge in [-0.3, -0.25) is 0 Å². The molecule has 0 amide bonds. The van der Waals surface area contributed by atoms with Gasteiger partial charge in [0.05, 0.1) is 10.0 Å². The summed E-state index contributed by atoms with van der Waals surface area (Å²) in [5.74, 6) is 5.11. The van der Waals surface area contributed by atoms with E-state index in [0.29, 0.717) is 5.56 Å². The van der Waals surface area contributed by atoms with Crippen molar-refractivity contribution in [3.05, 3.63) is 57.7 Å². The molecule has 0 aliphatic rings. The lowest BCUT2D eigenvalue weighted by Gasteiger charge is -2.10. The number of nitrogens with two attached hydrogens (primary N) is 1. The number of benzene rings is 1. The number of hydrogen-bond acceptors (Lipinski definition) is 2. The summed E-state index contributed by atoms with van der Waals surface area (Å²) in [5, 5.41) is 0. The zero-order valence-corrected chi connectivity index (χ0v) is 11.6. The lowest BCUT2D eigenvalue weighted by molar-refractivity contribution is -0.138. The maximum Gasteiger partial charge on any atom is 0.417 e. The molecule has 1 aromatic heterocycles. The van der Waals surface area contributed by atoms with Crippen molar-refractivity contribution in [3.8, 4) is 11.8 Å². The number of alkyl halides is 3. The summed E-state index contributed by atoms with van der Waals surface area (Å²) in [6.07, 6.45) is -4.51. The average Bonchev–Trinajstić information content (AvgIpc) is 2.39. The molecule has 0 spiro atoms. The number of pyridine rings is 1. The summed E-state index contributed by atoms with van der Waals surface area (Å²) in [7, 11) is 0. The van der Waals surface area contributed by atoms with Crippen LogP contribution in [0.1, 0.15) is 16.8 Å². The molecule has 0 aliphatic heterocycles. The molecular weight excluding hydrogens is 333 g/mol. The van der Waals surface area contributed by atoms with Gasteiger partial charge in [0, 0.05) is 5.56 Å². The van der Waals surface area contributed by atoms with Crippen LogP contribution in [0.5, 0.6) is 0 Å². The van der Waals surface area contributed by atoms with E-state index in [9.17, 15) is 13.2 Å². The predicted octanol–water partition coefficient (Wildman–Crippen LogP) is 3.84. The topological polar surface area (TPSA) is 38.9 Å². The third-order valence-electron chi connectivity index (χ3n) is 2.38. The number of nitrogens with zero attached hydrogens (tertiary/aromatic N) is 1. The van der Waals surface area contributed by atoms with E-state index in [2.05, 4.69) is 32.8 Å². The van der Waals surface area contributed by atoms with Crippen LogP contribution in [0.25, 0.3) is 0 Å². The number of aromatic nitrogens is 1. The Bertz CT molecular complexity index is 685. The molecule has 0 atom stereocenters. The Labute approximate surface area is 122 Å². The molecule has 0 unspecified atom stereocenters. The van der Waals surface area contributed by atoms with Crippen molar-refractivity contribution in [1.82, 2.24) is 4.98 Å². The van der Waals surface area contributed by atoms with Gasteiger partial charge < -0.3 is 5.73 Å². The number of rotatable bonds is 0. The minimum Gasteiger partial charge on any atom is -0.384 e. The summed E-state index contributed by atoms with van der Waals surface area (Å²) in [5.41, 5.74) is 5.14. The van der Waals surface area contributed by atoms with Gasteiger partial charge in [-0.15, -0.1) is 0 Å². The number of hydrogen-bond donors (Lipinski definition) is 1. The fourth-order valence-corrected chi connectivity index (χ4v) is 2.02. The largest absolute Gasteiger partial charge is 0.417 e. The maximum absolute atomic E-state index is 12.8. The summed E-state index contributed by atoms with van der Waals surface area (Å²) in [4.78, 5) is 3.82. The highest BCUT2D eigenvalue weighted by atomic mass is 79.9. The zero-order chi connectivity index (χ0) is 14.8. The Morgan fingerprint density at radius 3 is 2.35 bits per heavy atom. The molecule has 0 aliphatic carbocycles. The SMILES string of the molecule is Nc1cc(C(F)(F)F)c(Br)c(C#Cc2ccccc2)n1. The van der Waals surface area contributed by atoms with E-state index in [1.165, 1.54) is 0 Å². The van der Waals surface area contributed by atoms with Crippen molar-refractivity contribution < 1.29 is 13.2 Å². The van der Waals surface area contributed by atoms with Crippen molar-refractivity contribution in [2.45, 2.75) is 6.18 Å². The van der Waals surface area contributed by atoms with E-state index in [0.717, 1.165) is 6.07 Å². The average molecular weight is 341 g/mol. The van der Waals surface area contributed by atoms with Crippen molar-refractivity contribution in [3.63, 3.8) is 0 Å². The van der Waals surface area contributed by atoms with Crippen molar-refractivity contribution in [2.75, 3.05) is 5.73 Å². The highest BCUT2D eigenvalue weighted by Crippen LogP contribution is 2.36. The van der Waals surface area contributed by atoms with E-state index >= 15 is 0 Å². The van der Waals surface area contributed by atoms with Gasteiger partial charge in [0.15, 0.2) is 0 Å². The summed E-state index contributed by atoms with van der Waals surface area (Å²) < 4.78 is 38.2. The summed E-state index contributed by atoms with van der Waals surface area (Å²) in [6, 6.07) is 9.66. The van der Waals surface area contributed by atoms with Crippen LogP contribution in [0.3, 0.4) is 0 Å². The fourth-order valence-electron chi connectivity index (χ4n) is 1.49. The summed E-state index contributed by atoms with van der Waals surface area (Å²) in [6.45, 7) is 0. The fraction of sp³-hybridized carbons (Fsp3) is 0.0714. The van der Waals surface area contributed by atoms with E-state index in [4.69, 9.17) is 5.73 Å². The molecule has 0 saturated heterocycles. The monoisotopic (exact) mass is 340 g/mol. The van der Waals surface area contributed by atoms with E-state index in [1.54, 1.807) is 24.3 Å². The highest BCUT2D eigenvalue weighted by molar-refractivity contribution is 9.10. The zero-order valence-electron chi connectivity index (χ0n) is 10.0. The predicted molar refractivity (Wildman–Crippen MR) is 73.8 cm³/mol. The van der Waals surface area contributed by atoms with Crippen molar-refractivity contribution in [1.29, 1.82) is 0 Å². The first-order chi connectivity index (χ1) is 9.38. The van der Waals surface area contributed by atoms with E-state index in [-0.39, 0.29) is 16.0 Å². The van der Waals surface area contributed by atoms with Crippen molar-refractivity contribution in [2.24, 2.45) is 0 Å². The van der Waals surface area contributed by atoms with Crippen LogP contribution in [0.4, 0.5) is 19.0 Å². The molecule has 2 aromatic rings. The molecule has 0 saturated carbocycles.